The Morgan fingerprint density at radius 3 is 2.58 bits per heavy atom. The van der Waals surface area contributed by atoms with Crippen molar-refractivity contribution in [2.75, 3.05) is 18.0 Å². The van der Waals surface area contributed by atoms with Crippen LogP contribution in [0.2, 0.25) is 0 Å². The van der Waals surface area contributed by atoms with Crippen LogP contribution in [0.15, 0.2) is 9.59 Å². The number of anilines is 1. The predicted octanol–water partition coefficient (Wildman–Crippen LogP) is 0.281. The average Bonchev–Trinajstić information content (AvgIpc) is 3.17. The molecule has 1 amide bonds. The van der Waals surface area contributed by atoms with Crippen LogP contribution in [0.3, 0.4) is 0 Å². The van der Waals surface area contributed by atoms with Crippen molar-refractivity contribution in [1.29, 1.82) is 0 Å². The molecule has 0 saturated carbocycles. The minimum absolute atomic E-state index is 0.0215. The monoisotopic (exact) mass is 351 g/mol. The van der Waals surface area contributed by atoms with Gasteiger partial charge < -0.3 is 10.2 Å². The van der Waals surface area contributed by atoms with Gasteiger partial charge >= 0.3 is 5.69 Å². The first kappa shape index (κ1) is 16.7. The summed E-state index contributed by atoms with van der Waals surface area (Å²) in [6, 6.07) is -0.0215. The number of carbonyl (C=O) groups excluding carboxylic acids is 1. The van der Waals surface area contributed by atoms with Crippen molar-refractivity contribution >= 4 is 32.7 Å². The summed E-state index contributed by atoms with van der Waals surface area (Å²) in [5.74, 6) is -0.275. The van der Waals surface area contributed by atoms with Gasteiger partial charge in [0, 0.05) is 26.2 Å². The van der Waals surface area contributed by atoms with E-state index in [0.29, 0.717) is 10.3 Å². The van der Waals surface area contributed by atoms with Gasteiger partial charge in [0.05, 0.1) is 0 Å². The first-order chi connectivity index (χ1) is 11.4. The molecule has 2 aromatic heterocycles. The maximum absolute atomic E-state index is 12.5. The molecule has 1 aliphatic heterocycles. The van der Waals surface area contributed by atoms with Crippen molar-refractivity contribution in [3.8, 4) is 0 Å². The molecule has 0 atom stereocenters. The third kappa shape index (κ3) is 2.95. The number of nitrogens with one attached hydrogen (secondary N) is 1. The van der Waals surface area contributed by atoms with E-state index in [4.69, 9.17) is 0 Å². The zero-order valence-corrected chi connectivity index (χ0v) is 14.9. The summed E-state index contributed by atoms with van der Waals surface area (Å²) >= 11 is 1.29. The maximum Gasteiger partial charge on any atom is 0.332 e. The molecular formula is C15H21N5O3S. The number of amides is 1. The van der Waals surface area contributed by atoms with Crippen LogP contribution in [0.25, 0.3) is 10.3 Å². The Morgan fingerprint density at radius 1 is 1.29 bits per heavy atom. The van der Waals surface area contributed by atoms with E-state index in [1.807, 2.05) is 13.8 Å². The van der Waals surface area contributed by atoms with Crippen LogP contribution in [0.1, 0.15) is 26.7 Å². The van der Waals surface area contributed by atoms with Gasteiger partial charge in [-0.15, -0.1) is 0 Å². The van der Waals surface area contributed by atoms with Crippen LogP contribution < -0.4 is 21.5 Å². The molecule has 24 heavy (non-hydrogen) atoms. The first-order valence-corrected chi connectivity index (χ1v) is 8.85. The molecule has 3 rings (SSSR count). The van der Waals surface area contributed by atoms with E-state index in [9.17, 15) is 14.4 Å². The Hall–Kier alpha value is -2.16. The second-order valence-electron chi connectivity index (χ2n) is 6.30. The molecule has 1 fully saturated rings. The largest absolute Gasteiger partial charge is 0.352 e. The Balaban J connectivity index is 2.11. The van der Waals surface area contributed by atoms with Crippen molar-refractivity contribution in [2.24, 2.45) is 7.05 Å². The van der Waals surface area contributed by atoms with Crippen molar-refractivity contribution in [2.45, 2.75) is 39.3 Å². The van der Waals surface area contributed by atoms with Gasteiger partial charge in [-0.1, -0.05) is 11.3 Å². The quantitative estimate of drug-likeness (QED) is 0.855. The van der Waals surface area contributed by atoms with Gasteiger partial charge in [-0.05, 0) is 26.7 Å². The zero-order chi connectivity index (χ0) is 17.4. The number of thiazole rings is 1. The van der Waals surface area contributed by atoms with Gasteiger partial charge in [-0.3, -0.25) is 18.7 Å². The van der Waals surface area contributed by atoms with Gasteiger partial charge in [0.25, 0.3) is 5.56 Å². The molecular weight excluding hydrogens is 330 g/mol. The second-order valence-corrected chi connectivity index (χ2v) is 7.28. The average molecular weight is 351 g/mol. The third-order valence-electron chi connectivity index (χ3n) is 4.00. The van der Waals surface area contributed by atoms with Crippen LogP contribution in [-0.2, 0) is 18.4 Å². The number of carbonyl (C=O) groups is 1. The van der Waals surface area contributed by atoms with E-state index in [1.165, 1.54) is 23.0 Å². The molecule has 1 saturated heterocycles. The number of rotatable bonds is 4. The third-order valence-corrected chi connectivity index (χ3v) is 5.09. The summed E-state index contributed by atoms with van der Waals surface area (Å²) in [6.45, 7) is 5.36. The molecule has 0 radical (unpaired) electrons. The molecule has 0 unspecified atom stereocenters. The van der Waals surface area contributed by atoms with Crippen LogP contribution in [0.5, 0.6) is 0 Å². The van der Waals surface area contributed by atoms with Gasteiger partial charge in [-0.2, -0.15) is 0 Å². The van der Waals surface area contributed by atoms with Crippen molar-refractivity contribution in [3.63, 3.8) is 0 Å². The fourth-order valence-electron chi connectivity index (χ4n) is 2.83. The predicted molar refractivity (Wildman–Crippen MR) is 93.8 cm³/mol. The minimum atomic E-state index is -0.523. The number of aromatic nitrogens is 3. The minimum Gasteiger partial charge on any atom is -0.352 e. The zero-order valence-electron chi connectivity index (χ0n) is 14.0. The number of hydrogen-bond donors (Lipinski definition) is 1. The summed E-state index contributed by atoms with van der Waals surface area (Å²) in [7, 11) is 1.43. The normalized spacial score (nSPS) is 14.8. The molecule has 0 bridgehead atoms. The highest BCUT2D eigenvalue weighted by atomic mass is 32.1. The topological polar surface area (TPSA) is 89.2 Å². The van der Waals surface area contributed by atoms with E-state index >= 15 is 0 Å². The Kier molecular flexibility index (Phi) is 4.44. The Labute approximate surface area is 142 Å². The van der Waals surface area contributed by atoms with Gasteiger partial charge in [0.2, 0.25) is 5.91 Å². The number of nitrogens with zero attached hydrogens (tertiary/aromatic N) is 4. The molecule has 1 aliphatic rings. The van der Waals surface area contributed by atoms with Crippen LogP contribution in [0.4, 0.5) is 5.13 Å². The highest BCUT2D eigenvalue weighted by molar-refractivity contribution is 7.22. The molecule has 1 N–H and O–H groups in total. The van der Waals surface area contributed by atoms with Crippen LogP contribution in [-0.4, -0.2) is 39.2 Å². The standard InChI is InChI=1S/C15H21N5O3S/c1-9(2)16-10(21)8-20-12-11(13(22)18(3)15(20)23)24-14(17-12)19-6-4-5-7-19/h9H,4-8H2,1-3H3,(H,16,21). The van der Waals surface area contributed by atoms with Crippen molar-refractivity contribution < 1.29 is 4.79 Å². The lowest BCUT2D eigenvalue weighted by atomic mass is 10.4. The van der Waals surface area contributed by atoms with Gasteiger partial charge in [0.1, 0.15) is 11.2 Å². The second kappa shape index (κ2) is 6.39. The number of fused-ring (bicyclic) bond motifs is 1. The van der Waals surface area contributed by atoms with Gasteiger partial charge in [0.15, 0.2) is 10.8 Å². The lowest BCUT2D eigenvalue weighted by Gasteiger charge is -2.12. The summed E-state index contributed by atoms with van der Waals surface area (Å²) in [5, 5.41) is 3.50. The van der Waals surface area contributed by atoms with Crippen LogP contribution >= 0.6 is 11.3 Å². The van der Waals surface area contributed by atoms with E-state index in [1.54, 1.807) is 0 Å². The fraction of sp³-hybridized carbons (Fsp3) is 0.600. The molecule has 9 heteroatoms. The summed E-state index contributed by atoms with van der Waals surface area (Å²) < 4.78 is 2.73. The van der Waals surface area contributed by atoms with Crippen LogP contribution in [0, 0.1) is 0 Å². The Morgan fingerprint density at radius 2 is 1.96 bits per heavy atom. The molecule has 8 nitrogen and oxygen atoms in total. The maximum atomic E-state index is 12.5. The SMILES string of the molecule is CC(C)NC(=O)Cn1c(=O)n(C)c(=O)c2sc(N3CCCC3)nc21. The first-order valence-electron chi connectivity index (χ1n) is 8.03. The molecule has 0 aromatic carbocycles. The Bertz CT molecular complexity index is 889. The van der Waals surface area contributed by atoms with E-state index in [0.717, 1.165) is 35.6 Å². The van der Waals surface area contributed by atoms with Crippen molar-refractivity contribution in [3.05, 3.63) is 20.8 Å². The molecule has 3 heterocycles. The smallest absolute Gasteiger partial charge is 0.332 e. The summed E-state index contributed by atoms with van der Waals surface area (Å²) in [4.78, 5) is 43.6. The van der Waals surface area contributed by atoms with E-state index in [-0.39, 0.29) is 24.1 Å². The van der Waals surface area contributed by atoms with Crippen molar-refractivity contribution in [1.82, 2.24) is 19.4 Å². The summed E-state index contributed by atoms with van der Waals surface area (Å²) in [5.41, 5.74) is -0.586. The highest BCUT2D eigenvalue weighted by Gasteiger charge is 2.22. The van der Waals surface area contributed by atoms with Gasteiger partial charge in [-0.25, -0.2) is 9.78 Å². The fourth-order valence-corrected chi connectivity index (χ4v) is 3.93. The lowest BCUT2D eigenvalue weighted by molar-refractivity contribution is -0.122. The summed E-state index contributed by atoms with van der Waals surface area (Å²) in [6.07, 6.45) is 2.19. The molecule has 2 aromatic rings. The molecule has 130 valence electrons. The highest BCUT2D eigenvalue weighted by Crippen LogP contribution is 2.28. The van der Waals surface area contributed by atoms with E-state index in [2.05, 4.69) is 15.2 Å². The molecule has 0 spiro atoms. The molecule has 0 aliphatic carbocycles. The lowest BCUT2D eigenvalue weighted by Crippen LogP contribution is -2.42. The van der Waals surface area contributed by atoms with E-state index < -0.39 is 5.69 Å². The number of hydrogen-bond acceptors (Lipinski definition) is 6.